The molecule has 3 aromatic rings. The van der Waals surface area contributed by atoms with E-state index in [1.54, 1.807) is 20.3 Å². The van der Waals surface area contributed by atoms with Crippen LogP contribution in [0.1, 0.15) is 27.0 Å². The Morgan fingerprint density at radius 2 is 1.59 bits per heavy atom. The number of nitrogens with zero attached hydrogens (tertiary/aromatic N) is 2. The van der Waals surface area contributed by atoms with Crippen molar-refractivity contribution in [2.45, 2.75) is 20.4 Å². The molecule has 0 fully saturated rings. The molecular formula is C22H24N4O3. The predicted octanol–water partition coefficient (Wildman–Crippen LogP) is 3.78. The fraction of sp³-hybridized carbons (Fsp3) is 0.227. The molecule has 0 unspecified atom stereocenters. The molecule has 3 rings (SSSR count). The fourth-order valence-corrected chi connectivity index (χ4v) is 2.96. The van der Waals surface area contributed by atoms with E-state index in [9.17, 15) is 4.79 Å². The number of amides is 1. The molecule has 0 spiro atoms. The summed E-state index contributed by atoms with van der Waals surface area (Å²) in [6.45, 7) is 4.41. The van der Waals surface area contributed by atoms with Gasteiger partial charge in [0.25, 0.3) is 5.91 Å². The lowest BCUT2D eigenvalue weighted by molar-refractivity contribution is 0.0950. The highest BCUT2D eigenvalue weighted by atomic mass is 16.5. The highest BCUT2D eigenvalue weighted by molar-refractivity contribution is 5.93. The summed E-state index contributed by atoms with van der Waals surface area (Å²) in [5.41, 5.74) is 4.49. The zero-order chi connectivity index (χ0) is 20.8. The molecule has 0 bridgehead atoms. The van der Waals surface area contributed by atoms with E-state index in [1.807, 2.05) is 38.1 Å². The van der Waals surface area contributed by atoms with E-state index in [0.717, 1.165) is 22.4 Å². The molecule has 0 aliphatic carbocycles. The number of carbonyl (C=O) groups excluding carboxylic acids is 1. The Hall–Kier alpha value is -3.61. The maximum absolute atomic E-state index is 12.4. The van der Waals surface area contributed by atoms with Crippen LogP contribution in [0, 0.1) is 13.8 Å². The van der Waals surface area contributed by atoms with E-state index in [4.69, 9.17) is 9.47 Å². The van der Waals surface area contributed by atoms with Crippen LogP contribution in [0.4, 0.5) is 11.6 Å². The summed E-state index contributed by atoms with van der Waals surface area (Å²) in [4.78, 5) is 20.9. The van der Waals surface area contributed by atoms with Crippen molar-refractivity contribution in [1.82, 2.24) is 15.3 Å². The van der Waals surface area contributed by atoms with Crippen molar-refractivity contribution in [1.29, 1.82) is 0 Å². The smallest absolute Gasteiger partial charge is 0.254 e. The maximum Gasteiger partial charge on any atom is 0.254 e. The van der Waals surface area contributed by atoms with Gasteiger partial charge in [-0.25, -0.2) is 9.97 Å². The lowest BCUT2D eigenvalue weighted by atomic mass is 10.1. The van der Waals surface area contributed by atoms with Crippen LogP contribution >= 0.6 is 0 Å². The number of rotatable bonds is 7. The molecule has 1 aromatic heterocycles. The number of hydrogen-bond donors (Lipinski definition) is 2. The summed E-state index contributed by atoms with van der Waals surface area (Å²) in [6, 6.07) is 11.6. The maximum atomic E-state index is 12.4. The molecule has 29 heavy (non-hydrogen) atoms. The first-order valence-corrected chi connectivity index (χ1v) is 9.15. The molecule has 0 aliphatic heterocycles. The minimum absolute atomic E-state index is 0.252. The van der Waals surface area contributed by atoms with Crippen LogP contribution < -0.4 is 20.1 Å². The lowest BCUT2D eigenvalue weighted by Gasteiger charge is -2.10. The van der Waals surface area contributed by atoms with Crippen LogP contribution in [0.5, 0.6) is 11.5 Å². The molecule has 7 nitrogen and oxygen atoms in total. The predicted molar refractivity (Wildman–Crippen MR) is 112 cm³/mol. The minimum atomic E-state index is -0.252. The zero-order valence-corrected chi connectivity index (χ0v) is 16.9. The second kappa shape index (κ2) is 9.05. The summed E-state index contributed by atoms with van der Waals surface area (Å²) in [6.07, 6.45) is 3.00. The van der Waals surface area contributed by atoms with Gasteiger partial charge in [-0.05, 0) is 54.8 Å². The van der Waals surface area contributed by atoms with E-state index in [-0.39, 0.29) is 5.91 Å². The molecule has 0 saturated carbocycles. The first kappa shape index (κ1) is 20.1. The van der Waals surface area contributed by atoms with Gasteiger partial charge in [-0.2, -0.15) is 0 Å². The van der Waals surface area contributed by atoms with Crippen molar-refractivity contribution in [3.05, 3.63) is 71.0 Å². The van der Waals surface area contributed by atoms with Gasteiger partial charge in [0.15, 0.2) is 11.5 Å². The van der Waals surface area contributed by atoms with Crippen LogP contribution in [-0.4, -0.2) is 30.1 Å². The Kier molecular flexibility index (Phi) is 6.29. The van der Waals surface area contributed by atoms with E-state index in [2.05, 4.69) is 26.7 Å². The van der Waals surface area contributed by atoms with Gasteiger partial charge in [-0.3, -0.25) is 4.79 Å². The van der Waals surface area contributed by atoms with Crippen molar-refractivity contribution in [3.63, 3.8) is 0 Å². The van der Waals surface area contributed by atoms with Crippen molar-refractivity contribution in [2.75, 3.05) is 19.5 Å². The van der Waals surface area contributed by atoms with Crippen molar-refractivity contribution in [3.8, 4) is 11.5 Å². The van der Waals surface area contributed by atoms with Crippen LogP contribution in [0.15, 0.2) is 48.8 Å². The monoisotopic (exact) mass is 392 g/mol. The van der Waals surface area contributed by atoms with Gasteiger partial charge in [0.1, 0.15) is 0 Å². The van der Waals surface area contributed by atoms with Gasteiger partial charge in [0.05, 0.1) is 19.8 Å². The van der Waals surface area contributed by atoms with Crippen molar-refractivity contribution in [2.24, 2.45) is 0 Å². The lowest BCUT2D eigenvalue weighted by Crippen LogP contribution is -2.23. The Labute approximate surface area is 170 Å². The SMILES string of the molecule is COc1ccc(CNC(=O)c2cnc(Nc3cc(C)cc(C)c3)nc2)cc1OC. The molecule has 1 heterocycles. The molecule has 7 heteroatoms. The first-order chi connectivity index (χ1) is 14.0. The molecule has 0 saturated heterocycles. The standard InChI is InChI=1S/C22H24N4O3/c1-14-7-15(2)9-18(8-14)26-22-24-12-17(13-25-22)21(27)23-11-16-5-6-19(28-3)20(10-16)29-4/h5-10,12-13H,11H2,1-4H3,(H,23,27)(H,24,25,26). The Morgan fingerprint density at radius 1 is 0.931 bits per heavy atom. The van der Waals surface area contributed by atoms with E-state index in [0.29, 0.717) is 29.6 Å². The van der Waals surface area contributed by atoms with Gasteiger partial charge in [-0.15, -0.1) is 0 Å². The number of benzene rings is 2. The summed E-state index contributed by atoms with van der Waals surface area (Å²) in [5.74, 6) is 1.44. The van der Waals surface area contributed by atoms with Gasteiger partial charge in [0.2, 0.25) is 5.95 Å². The summed E-state index contributed by atoms with van der Waals surface area (Å²) >= 11 is 0. The highest BCUT2D eigenvalue weighted by Crippen LogP contribution is 2.27. The minimum Gasteiger partial charge on any atom is -0.493 e. The fourth-order valence-electron chi connectivity index (χ4n) is 2.96. The number of aryl methyl sites for hydroxylation is 2. The van der Waals surface area contributed by atoms with E-state index < -0.39 is 0 Å². The van der Waals surface area contributed by atoms with Crippen LogP contribution in [0.2, 0.25) is 0 Å². The molecule has 0 atom stereocenters. The Morgan fingerprint density at radius 3 is 2.21 bits per heavy atom. The number of ether oxygens (including phenoxy) is 2. The Bertz CT molecular complexity index is 983. The van der Waals surface area contributed by atoms with Gasteiger partial charge in [-0.1, -0.05) is 12.1 Å². The number of hydrogen-bond acceptors (Lipinski definition) is 6. The second-order valence-electron chi connectivity index (χ2n) is 6.67. The molecule has 1 amide bonds. The molecule has 0 radical (unpaired) electrons. The van der Waals surface area contributed by atoms with Gasteiger partial charge < -0.3 is 20.1 Å². The summed E-state index contributed by atoms with van der Waals surface area (Å²) in [5, 5.41) is 6.01. The second-order valence-corrected chi connectivity index (χ2v) is 6.67. The largest absolute Gasteiger partial charge is 0.493 e. The van der Waals surface area contributed by atoms with Gasteiger partial charge >= 0.3 is 0 Å². The summed E-state index contributed by atoms with van der Waals surface area (Å²) < 4.78 is 10.5. The number of aromatic nitrogens is 2. The Balaban J connectivity index is 1.61. The number of nitrogens with one attached hydrogen (secondary N) is 2. The molecule has 0 aliphatic rings. The quantitative estimate of drug-likeness (QED) is 0.636. The van der Waals surface area contributed by atoms with Gasteiger partial charge in [0, 0.05) is 24.6 Å². The zero-order valence-electron chi connectivity index (χ0n) is 16.9. The first-order valence-electron chi connectivity index (χ1n) is 9.15. The third-order valence-corrected chi connectivity index (χ3v) is 4.29. The topological polar surface area (TPSA) is 85.4 Å². The molecular weight excluding hydrogens is 368 g/mol. The van der Waals surface area contributed by atoms with E-state index in [1.165, 1.54) is 12.4 Å². The number of carbonyl (C=O) groups is 1. The normalized spacial score (nSPS) is 10.3. The third kappa shape index (κ3) is 5.22. The summed E-state index contributed by atoms with van der Waals surface area (Å²) in [7, 11) is 3.16. The molecule has 150 valence electrons. The van der Waals surface area contributed by atoms with E-state index >= 15 is 0 Å². The third-order valence-electron chi connectivity index (χ3n) is 4.29. The van der Waals surface area contributed by atoms with Crippen LogP contribution in [-0.2, 0) is 6.54 Å². The van der Waals surface area contributed by atoms with Crippen molar-refractivity contribution < 1.29 is 14.3 Å². The average molecular weight is 392 g/mol. The average Bonchev–Trinajstić information content (AvgIpc) is 2.71. The number of methoxy groups -OCH3 is 2. The highest BCUT2D eigenvalue weighted by Gasteiger charge is 2.09. The number of anilines is 2. The van der Waals surface area contributed by atoms with Crippen LogP contribution in [0.25, 0.3) is 0 Å². The molecule has 2 aromatic carbocycles. The van der Waals surface area contributed by atoms with Crippen molar-refractivity contribution >= 4 is 17.5 Å². The van der Waals surface area contributed by atoms with Crippen LogP contribution in [0.3, 0.4) is 0 Å². The molecule has 2 N–H and O–H groups in total.